The van der Waals surface area contributed by atoms with Crippen molar-refractivity contribution in [2.45, 2.75) is 56.2 Å². The Labute approximate surface area is 199 Å². The summed E-state index contributed by atoms with van der Waals surface area (Å²) in [6.07, 6.45) is 6.10. The Kier molecular flexibility index (Phi) is 7.11. The lowest BCUT2D eigenvalue weighted by Crippen LogP contribution is -2.28. The van der Waals surface area contributed by atoms with Gasteiger partial charge in [0.2, 0.25) is 0 Å². The van der Waals surface area contributed by atoms with Crippen molar-refractivity contribution >= 4 is 23.4 Å². The molecule has 0 aromatic heterocycles. The van der Waals surface area contributed by atoms with Crippen molar-refractivity contribution < 1.29 is 4.39 Å². The van der Waals surface area contributed by atoms with E-state index in [-0.39, 0.29) is 16.4 Å². The minimum atomic E-state index is -0.513. The normalized spacial score (nSPS) is 25.7. The molecule has 1 aliphatic heterocycles. The van der Waals surface area contributed by atoms with Gasteiger partial charge in [-0.05, 0) is 65.3 Å². The van der Waals surface area contributed by atoms with Gasteiger partial charge in [-0.3, -0.25) is 0 Å². The van der Waals surface area contributed by atoms with Crippen molar-refractivity contribution in [1.82, 2.24) is 5.32 Å². The van der Waals surface area contributed by atoms with Gasteiger partial charge in [0.05, 0.1) is 12.0 Å². The molecule has 1 aliphatic carbocycles. The highest BCUT2D eigenvalue weighted by Crippen LogP contribution is 2.45. The second-order valence-electron chi connectivity index (χ2n) is 9.15. The van der Waals surface area contributed by atoms with Crippen LogP contribution in [0.25, 0.3) is 16.0 Å². The molecule has 3 atom stereocenters. The Bertz CT molecular complexity index is 1080. The zero-order valence-corrected chi connectivity index (χ0v) is 19.9. The van der Waals surface area contributed by atoms with Crippen LogP contribution >= 0.6 is 23.4 Å². The monoisotopic (exact) mass is 468 g/mol. The summed E-state index contributed by atoms with van der Waals surface area (Å²) in [6, 6.07) is 10.7. The molecule has 32 heavy (non-hydrogen) atoms. The molecule has 2 aromatic carbocycles. The molecule has 0 amide bonds. The number of hydrogen-bond donors (Lipinski definition) is 1. The van der Waals surface area contributed by atoms with Gasteiger partial charge >= 0.3 is 0 Å². The maximum atomic E-state index is 14.5. The highest BCUT2D eigenvalue weighted by molar-refractivity contribution is 7.99. The van der Waals surface area contributed by atoms with Gasteiger partial charge in [0.25, 0.3) is 12.1 Å². The molecule has 6 heteroatoms. The van der Waals surface area contributed by atoms with Crippen molar-refractivity contribution in [3.8, 4) is 23.8 Å². The van der Waals surface area contributed by atoms with Crippen LogP contribution in [0.4, 0.5) is 4.39 Å². The fourth-order valence-corrected chi connectivity index (χ4v) is 6.44. The SMILES string of the molecule is C#[N+]C1(Cc2cc(Cl)cc(-c3ccc(C#N)c(F)c3)c2C2CNCS2)CCC[C@H](C)CC1. The van der Waals surface area contributed by atoms with Crippen LogP contribution in [0.2, 0.25) is 5.02 Å². The number of nitrogens with one attached hydrogen (secondary N) is 1. The molecule has 3 nitrogen and oxygen atoms in total. The van der Waals surface area contributed by atoms with E-state index in [1.54, 1.807) is 6.07 Å². The minimum Gasteiger partial charge on any atom is -0.306 e. The van der Waals surface area contributed by atoms with Crippen LogP contribution in [0.5, 0.6) is 0 Å². The Morgan fingerprint density at radius 3 is 2.84 bits per heavy atom. The van der Waals surface area contributed by atoms with E-state index in [0.717, 1.165) is 61.2 Å². The molecule has 1 heterocycles. The Morgan fingerprint density at radius 1 is 1.31 bits per heavy atom. The molecule has 0 spiro atoms. The first-order valence-corrected chi connectivity index (χ1v) is 12.6. The third-order valence-corrected chi connectivity index (χ3v) is 8.30. The quantitative estimate of drug-likeness (QED) is 0.482. The number of thioether (sulfide) groups is 1. The number of benzene rings is 2. The highest BCUT2D eigenvalue weighted by Gasteiger charge is 2.43. The molecule has 2 unspecified atom stereocenters. The van der Waals surface area contributed by atoms with Crippen LogP contribution in [0.3, 0.4) is 0 Å². The third kappa shape index (κ3) is 4.81. The van der Waals surface area contributed by atoms with Gasteiger partial charge in [-0.15, -0.1) is 11.8 Å². The average molecular weight is 469 g/mol. The second-order valence-corrected chi connectivity index (χ2v) is 10.8. The minimum absolute atomic E-state index is 0.0444. The third-order valence-electron chi connectivity index (χ3n) is 6.90. The van der Waals surface area contributed by atoms with Gasteiger partial charge < -0.3 is 5.32 Å². The van der Waals surface area contributed by atoms with E-state index in [0.29, 0.717) is 10.9 Å². The van der Waals surface area contributed by atoms with Gasteiger partial charge in [-0.25, -0.2) is 4.39 Å². The fraction of sp³-hybridized carbons (Fsp3) is 0.462. The molecule has 166 valence electrons. The topological polar surface area (TPSA) is 40.2 Å². The van der Waals surface area contributed by atoms with Crippen molar-refractivity contribution in [2.24, 2.45) is 5.92 Å². The predicted octanol–water partition coefficient (Wildman–Crippen LogP) is 7.20. The molecule has 2 fully saturated rings. The summed E-state index contributed by atoms with van der Waals surface area (Å²) in [5.74, 6) is 1.04. The van der Waals surface area contributed by atoms with Crippen molar-refractivity contribution in [3.63, 3.8) is 0 Å². The molecule has 1 saturated heterocycles. The van der Waals surface area contributed by atoms with Crippen LogP contribution in [-0.2, 0) is 6.42 Å². The maximum absolute atomic E-state index is 14.5. The molecule has 1 N–H and O–H groups in total. The van der Waals surface area contributed by atoms with E-state index in [4.69, 9.17) is 23.4 Å². The Hall–Kier alpha value is -2.05. The summed E-state index contributed by atoms with van der Waals surface area (Å²) in [5, 5.41) is 13.4. The number of hydrogen-bond acceptors (Lipinski definition) is 3. The number of nitrogens with zero attached hydrogens (tertiary/aromatic N) is 2. The first-order valence-electron chi connectivity index (χ1n) is 11.2. The lowest BCUT2D eigenvalue weighted by atomic mass is 9.81. The molecular weight excluding hydrogens is 441 g/mol. The van der Waals surface area contributed by atoms with Crippen molar-refractivity contribution in [3.05, 3.63) is 62.7 Å². The highest BCUT2D eigenvalue weighted by atomic mass is 35.5. The van der Waals surface area contributed by atoms with Crippen LogP contribution in [0, 0.1) is 29.6 Å². The van der Waals surface area contributed by atoms with Gasteiger partial charge in [0, 0.05) is 35.5 Å². The molecule has 4 rings (SSSR count). The number of nitriles is 1. The first kappa shape index (κ1) is 23.1. The van der Waals surface area contributed by atoms with Crippen LogP contribution < -0.4 is 5.32 Å². The molecular formula is C26H28ClFN3S+. The van der Waals surface area contributed by atoms with E-state index in [1.807, 2.05) is 36.0 Å². The Balaban J connectivity index is 1.83. The standard InChI is InChI=1S/C26H28ClFN3S/c1-17-4-3-8-26(30-2,9-7-17)13-20-10-21(27)12-22(25(20)24-15-31-16-32-24)18-5-6-19(14-29)23(28)11-18/h2,5-6,10-12,17,24,31H,3-4,7-9,13,15-16H2,1H3/q+1/t17-,24?,26?/m0/s1. The van der Waals surface area contributed by atoms with Crippen LogP contribution in [0.1, 0.15) is 61.0 Å². The van der Waals surface area contributed by atoms with Gasteiger partial charge in [-0.2, -0.15) is 5.26 Å². The van der Waals surface area contributed by atoms with Gasteiger partial charge in [-0.1, -0.05) is 35.9 Å². The van der Waals surface area contributed by atoms with E-state index in [2.05, 4.69) is 17.1 Å². The summed E-state index contributed by atoms with van der Waals surface area (Å²) < 4.78 is 14.5. The summed E-state index contributed by atoms with van der Waals surface area (Å²) >= 11 is 8.46. The number of rotatable bonds is 4. The predicted molar refractivity (Wildman–Crippen MR) is 132 cm³/mol. The summed E-state index contributed by atoms with van der Waals surface area (Å²) in [6.45, 7) is 9.18. The molecule has 2 aliphatic rings. The van der Waals surface area contributed by atoms with Crippen molar-refractivity contribution in [1.29, 1.82) is 5.26 Å². The second kappa shape index (κ2) is 9.84. The lowest BCUT2D eigenvalue weighted by molar-refractivity contribution is 0.425. The van der Waals surface area contributed by atoms with Gasteiger partial charge in [0.1, 0.15) is 11.9 Å². The summed E-state index contributed by atoms with van der Waals surface area (Å²) in [4.78, 5) is 4.44. The van der Waals surface area contributed by atoms with E-state index >= 15 is 0 Å². The average Bonchev–Trinajstić information content (AvgIpc) is 3.24. The Morgan fingerprint density at radius 2 is 2.16 bits per heavy atom. The first-order chi connectivity index (χ1) is 15.4. The maximum Gasteiger partial charge on any atom is 0.284 e. The number of halogens is 2. The lowest BCUT2D eigenvalue weighted by Gasteiger charge is -2.24. The smallest absolute Gasteiger partial charge is 0.284 e. The van der Waals surface area contributed by atoms with E-state index in [1.165, 1.54) is 18.1 Å². The summed E-state index contributed by atoms with van der Waals surface area (Å²) in [5.41, 5.74) is 3.72. The molecule has 0 bridgehead atoms. The van der Waals surface area contributed by atoms with E-state index < -0.39 is 5.82 Å². The zero-order chi connectivity index (χ0) is 22.7. The largest absolute Gasteiger partial charge is 0.306 e. The van der Waals surface area contributed by atoms with Crippen LogP contribution in [-0.4, -0.2) is 18.0 Å². The molecule has 1 saturated carbocycles. The van der Waals surface area contributed by atoms with Gasteiger partial charge in [0.15, 0.2) is 0 Å². The molecule has 0 radical (unpaired) electrons. The zero-order valence-electron chi connectivity index (χ0n) is 18.3. The molecule has 2 aromatic rings. The fourth-order valence-electron chi connectivity index (χ4n) is 5.08. The summed E-state index contributed by atoms with van der Waals surface area (Å²) in [7, 11) is 0. The van der Waals surface area contributed by atoms with E-state index in [9.17, 15) is 4.39 Å². The van der Waals surface area contributed by atoms with Crippen LogP contribution in [0.15, 0.2) is 30.3 Å². The van der Waals surface area contributed by atoms with Crippen molar-refractivity contribution in [2.75, 3.05) is 12.4 Å².